The molecule has 3 unspecified atom stereocenters. The van der Waals surface area contributed by atoms with E-state index in [9.17, 15) is 14.7 Å². The highest BCUT2D eigenvalue weighted by Crippen LogP contribution is 2.24. The van der Waals surface area contributed by atoms with Crippen LogP contribution in [0.3, 0.4) is 0 Å². The molecule has 2 N–H and O–H groups in total. The second-order valence-corrected chi connectivity index (χ2v) is 7.74. The van der Waals surface area contributed by atoms with Crippen LogP contribution in [-0.2, 0) is 19.1 Å². The Bertz CT molecular complexity index is 557. The fourth-order valence-corrected chi connectivity index (χ4v) is 3.43. The quantitative estimate of drug-likeness (QED) is 0.340. The van der Waals surface area contributed by atoms with Gasteiger partial charge in [-0.3, -0.25) is 9.59 Å². The molecular formula is C23H39NO5. The summed E-state index contributed by atoms with van der Waals surface area (Å²) in [4.78, 5) is 24.4. The molecule has 0 bridgehead atoms. The van der Waals surface area contributed by atoms with Crippen molar-refractivity contribution in [2.45, 2.75) is 83.5 Å². The van der Waals surface area contributed by atoms with Crippen molar-refractivity contribution in [3.8, 4) is 0 Å². The lowest BCUT2D eigenvalue weighted by Crippen LogP contribution is -2.40. The molecule has 0 saturated heterocycles. The Morgan fingerprint density at radius 1 is 1.31 bits per heavy atom. The monoisotopic (exact) mass is 409 g/mol. The maximum atomic E-state index is 12.3. The Kier molecular flexibility index (Phi) is 12.7. The molecule has 1 aliphatic carbocycles. The van der Waals surface area contributed by atoms with Gasteiger partial charge in [-0.05, 0) is 25.7 Å². The van der Waals surface area contributed by atoms with Gasteiger partial charge in [-0.2, -0.15) is 0 Å². The molecule has 0 fully saturated rings. The number of ketones is 1. The number of carbonyl (C=O) groups is 2. The largest absolute Gasteiger partial charge is 0.392 e. The van der Waals surface area contributed by atoms with Crippen LogP contribution in [-0.4, -0.2) is 55.9 Å². The maximum Gasteiger partial charge on any atom is 0.220 e. The summed E-state index contributed by atoms with van der Waals surface area (Å²) in [5.74, 6) is -0.620. The van der Waals surface area contributed by atoms with Crippen LogP contribution in [0.15, 0.2) is 23.8 Å². The predicted octanol–water partition coefficient (Wildman–Crippen LogP) is 3.34. The molecule has 0 spiro atoms. The third kappa shape index (κ3) is 9.24. The van der Waals surface area contributed by atoms with Gasteiger partial charge in [0.1, 0.15) is 6.10 Å². The Balaban J connectivity index is 2.32. The van der Waals surface area contributed by atoms with Crippen LogP contribution in [0, 0.1) is 5.92 Å². The molecule has 29 heavy (non-hydrogen) atoms. The van der Waals surface area contributed by atoms with E-state index in [2.05, 4.69) is 18.3 Å². The van der Waals surface area contributed by atoms with Crippen LogP contribution in [0.5, 0.6) is 0 Å². The van der Waals surface area contributed by atoms with E-state index in [1.54, 1.807) is 20.1 Å². The minimum atomic E-state index is -0.644. The molecule has 0 saturated carbocycles. The summed E-state index contributed by atoms with van der Waals surface area (Å²) in [6.07, 6.45) is 12.0. The maximum absolute atomic E-state index is 12.3. The summed E-state index contributed by atoms with van der Waals surface area (Å²) in [7, 11) is 3.27. The molecule has 0 aromatic rings. The van der Waals surface area contributed by atoms with Crippen LogP contribution >= 0.6 is 0 Å². The molecule has 6 heteroatoms. The van der Waals surface area contributed by atoms with Crippen LogP contribution in [0.2, 0.25) is 0 Å². The van der Waals surface area contributed by atoms with Crippen molar-refractivity contribution in [2.24, 2.45) is 5.92 Å². The molecule has 0 aromatic heterocycles. The van der Waals surface area contributed by atoms with Gasteiger partial charge in [-0.15, -0.1) is 0 Å². The Morgan fingerprint density at radius 2 is 2.07 bits per heavy atom. The second kappa shape index (κ2) is 14.5. The lowest BCUT2D eigenvalue weighted by molar-refractivity contribution is -0.125. The number of hydrogen-bond donors (Lipinski definition) is 2. The van der Waals surface area contributed by atoms with Gasteiger partial charge in [0.25, 0.3) is 0 Å². The van der Waals surface area contributed by atoms with E-state index in [4.69, 9.17) is 9.47 Å². The van der Waals surface area contributed by atoms with Gasteiger partial charge in [-0.25, -0.2) is 0 Å². The zero-order valence-electron chi connectivity index (χ0n) is 18.5. The van der Waals surface area contributed by atoms with Gasteiger partial charge in [0.15, 0.2) is 5.78 Å². The van der Waals surface area contributed by atoms with E-state index < -0.39 is 18.1 Å². The average Bonchev–Trinajstić information content (AvgIpc) is 2.72. The molecule has 1 amide bonds. The van der Waals surface area contributed by atoms with E-state index in [1.807, 2.05) is 6.08 Å². The number of rotatable bonds is 14. The minimum absolute atomic E-state index is 0.0696. The van der Waals surface area contributed by atoms with Crippen molar-refractivity contribution in [2.75, 3.05) is 20.8 Å². The first kappa shape index (κ1) is 25.5. The normalized spacial score (nSPS) is 21.8. The van der Waals surface area contributed by atoms with Crippen LogP contribution in [0.4, 0.5) is 0 Å². The Labute approximate surface area is 175 Å². The number of allylic oxidation sites excluding steroid dienone is 1. The van der Waals surface area contributed by atoms with Crippen LogP contribution < -0.4 is 5.32 Å². The van der Waals surface area contributed by atoms with E-state index in [1.165, 1.54) is 26.4 Å². The summed E-state index contributed by atoms with van der Waals surface area (Å²) in [5, 5.41) is 12.6. The first-order valence-corrected chi connectivity index (χ1v) is 10.8. The number of aliphatic hydroxyl groups is 1. The number of hydrogen-bond acceptors (Lipinski definition) is 5. The van der Waals surface area contributed by atoms with Gasteiger partial charge in [0.05, 0.1) is 12.2 Å². The number of aliphatic hydroxyl groups excluding tert-OH is 1. The van der Waals surface area contributed by atoms with E-state index >= 15 is 0 Å². The van der Waals surface area contributed by atoms with Crippen molar-refractivity contribution >= 4 is 11.7 Å². The van der Waals surface area contributed by atoms with Crippen molar-refractivity contribution in [1.82, 2.24) is 5.32 Å². The van der Waals surface area contributed by atoms with Crippen molar-refractivity contribution in [1.29, 1.82) is 0 Å². The number of Topliss-reactive ketones (excluding diaryl/α,β-unsaturated/α-hetero) is 1. The van der Waals surface area contributed by atoms with Crippen molar-refractivity contribution in [3.63, 3.8) is 0 Å². The van der Waals surface area contributed by atoms with Gasteiger partial charge in [-0.1, -0.05) is 51.3 Å². The van der Waals surface area contributed by atoms with Crippen molar-refractivity contribution in [3.05, 3.63) is 23.8 Å². The molecular weight excluding hydrogens is 370 g/mol. The van der Waals surface area contributed by atoms with Gasteiger partial charge < -0.3 is 19.9 Å². The molecule has 4 atom stereocenters. The number of unbranched alkanes of at least 4 members (excludes halogenated alkanes) is 2. The van der Waals surface area contributed by atoms with E-state index in [0.29, 0.717) is 24.8 Å². The third-order valence-electron chi connectivity index (χ3n) is 5.54. The highest BCUT2D eigenvalue weighted by atomic mass is 16.5. The van der Waals surface area contributed by atoms with Gasteiger partial charge in [0, 0.05) is 38.7 Å². The van der Waals surface area contributed by atoms with Crippen LogP contribution in [0.1, 0.15) is 65.2 Å². The zero-order chi connectivity index (χ0) is 21.6. The summed E-state index contributed by atoms with van der Waals surface area (Å²) < 4.78 is 10.9. The van der Waals surface area contributed by atoms with Gasteiger partial charge in [0.2, 0.25) is 5.91 Å². The molecule has 0 aromatic carbocycles. The molecule has 6 nitrogen and oxygen atoms in total. The molecule has 0 aliphatic heterocycles. The first-order valence-electron chi connectivity index (χ1n) is 10.8. The number of carbonyl (C=O) groups excluding carboxylic acids is 2. The lowest BCUT2D eigenvalue weighted by Gasteiger charge is -2.27. The van der Waals surface area contributed by atoms with E-state index in [0.717, 1.165) is 12.8 Å². The topological polar surface area (TPSA) is 84.9 Å². The summed E-state index contributed by atoms with van der Waals surface area (Å²) in [6.45, 7) is 4.16. The fourth-order valence-electron chi connectivity index (χ4n) is 3.43. The molecule has 166 valence electrons. The lowest BCUT2D eigenvalue weighted by atomic mass is 9.84. The summed E-state index contributed by atoms with van der Waals surface area (Å²) >= 11 is 0. The predicted molar refractivity (Wildman–Crippen MR) is 115 cm³/mol. The highest BCUT2D eigenvalue weighted by Gasteiger charge is 2.32. The van der Waals surface area contributed by atoms with Crippen LogP contribution in [0.25, 0.3) is 0 Å². The average molecular weight is 410 g/mol. The summed E-state index contributed by atoms with van der Waals surface area (Å²) in [5.41, 5.74) is 0.541. The molecule has 0 radical (unpaired) electrons. The van der Waals surface area contributed by atoms with Gasteiger partial charge >= 0.3 is 0 Å². The summed E-state index contributed by atoms with van der Waals surface area (Å²) in [6, 6.07) is 0. The SMILES string of the molecule is CCCCC[C@@H](C/C=C/CCC(=O)NCC(OC)C1=CCC(O)C(C)C1=O)OC. The highest BCUT2D eigenvalue weighted by molar-refractivity contribution is 5.99. The second-order valence-electron chi connectivity index (χ2n) is 7.74. The zero-order valence-corrected chi connectivity index (χ0v) is 18.5. The first-order chi connectivity index (χ1) is 13.9. The minimum Gasteiger partial charge on any atom is -0.392 e. The standard InChI is InChI=1S/C23H39NO5/c1-5-6-8-11-18(28-3)12-9-7-10-13-22(26)24-16-21(29-4)19-14-15-20(25)17(2)23(19)27/h7,9,14,17-18,20-21,25H,5-6,8,10-13,15-16H2,1-4H3,(H,24,26)/b9-7+/t17?,18-,20?,21?/m0/s1. The molecule has 0 heterocycles. The Morgan fingerprint density at radius 3 is 2.72 bits per heavy atom. The molecule has 1 rings (SSSR count). The third-order valence-corrected chi connectivity index (χ3v) is 5.54. The smallest absolute Gasteiger partial charge is 0.220 e. The number of ether oxygens (including phenoxy) is 2. The number of amides is 1. The van der Waals surface area contributed by atoms with E-state index in [-0.39, 0.29) is 24.3 Å². The van der Waals surface area contributed by atoms with Crippen molar-refractivity contribution < 1.29 is 24.2 Å². The fraction of sp³-hybridized carbons (Fsp3) is 0.739. The number of nitrogens with one attached hydrogen (secondary N) is 1. The Hall–Kier alpha value is -1.50. The molecule has 1 aliphatic rings. The number of methoxy groups -OCH3 is 2.